The molecular formula is C18H20F3N3O3S. The maximum atomic E-state index is 13.1. The highest BCUT2D eigenvalue weighted by Crippen LogP contribution is 2.29. The topological polar surface area (TPSA) is 85.7 Å². The molecule has 1 fully saturated rings. The van der Waals surface area contributed by atoms with E-state index in [-0.39, 0.29) is 6.10 Å². The standard InChI is InChI=1S/C18H20F3N3O3S/c19-5-13(23-18(27)17(20)21)16(26)11-3-1-10(2-4-11)14-6-22-15(28-14)9-24-7-12(25)8-24/h1-4,6,12-13,16-17,25-26H,5,7-9H2,(H,23,27)/t13-,16+/m1/s1. The summed E-state index contributed by atoms with van der Waals surface area (Å²) in [6.45, 7) is 0.768. The lowest BCUT2D eigenvalue weighted by molar-refractivity contribution is -0.133. The number of nitrogens with one attached hydrogen (secondary N) is 1. The Balaban J connectivity index is 1.64. The molecular weight excluding hydrogens is 395 g/mol. The van der Waals surface area contributed by atoms with Gasteiger partial charge in [-0.15, -0.1) is 11.3 Å². The van der Waals surface area contributed by atoms with E-state index in [9.17, 15) is 28.2 Å². The van der Waals surface area contributed by atoms with Gasteiger partial charge in [-0.2, -0.15) is 8.78 Å². The maximum absolute atomic E-state index is 13.1. The number of carbonyl (C=O) groups excluding carboxylic acids is 1. The molecule has 1 aromatic carbocycles. The van der Waals surface area contributed by atoms with Crippen LogP contribution in [0.15, 0.2) is 30.5 Å². The van der Waals surface area contributed by atoms with Crippen molar-refractivity contribution in [2.45, 2.75) is 31.2 Å². The van der Waals surface area contributed by atoms with Gasteiger partial charge in [0.05, 0.1) is 23.6 Å². The molecule has 6 nitrogen and oxygen atoms in total. The van der Waals surface area contributed by atoms with Gasteiger partial charge < -0.3 is 15.5 Å². The van der Waals surface area contributed by atoms with Crippen molar-refractivity contribution in [3.05, 3.63) is 41.0 Å². The first-order chi connectivity index (χ1) is 13.4. The van der Waals surface area contributed by atoms with Crippen LogP contribution >= 0.6 is 11.3 Å². The zero-order valence-corrected chi connectivity index (χ0v) is 15.6. The number of aliphatic hydroxyl groups is 2. The molecule has 3 N–H and O–H groups in total. The predicted molar refractivity (Wildman–Crippen MR) is 97.7 cm³/mol. The van der Waals surface area contributed by atoms with Gasteiger partial charge in [0.2, 0.25) is 0 Å². The molecule has 10 heteroatoms. The molecule has 2 atom stereocenters. The Morgan fingerprint density at radius 2 is 2.00 bits per heavy atom. The summed E-state index contributed by atoms with van der Waals surface area (Å²) in [5.74, 6) is -1.62. The lowest BCUT2D eigenvalue weighted by Gasteiger charge is -2.34. The minimum Gasteiger partial charge on any atom is -0.390 e. The third kappa shape index (κ3) is 4.88. The van der Waals surface area contributed by atoms with Gasteiger partial charge in [0.25, 0.3) is 5.91 Å². The van der Waals surface area contributed by atoms with Crippen molar-refractivity contribution < 1.29 is 28.2 Å². The van der Waals surface area contributed by atoms with E-state index in [4.69, 9.17) is 0 Å². The fourth-order valence-corrected chi connectivity index (χ4v) is 3.87. The van der Waals surface area contributed by atoms with Crippen LogP contribution < -0.4 is 5.32 Å². The minimum atomic E-state index is -3.27. The molecule has 1 saturated heterocycles. The molecule has 2 aromatic rings. The largest absolute Gasteiger partial charge is 0.390 e. The fraction of sp³-hybridized carbons (Fsp3) is 0.444. The monoisotopic (exact) mass is 415 g/mol. The van der Waals surface area contributed by atoms with Gasteiger partial charge in [0, 0.05) is 19.3 Å². The number of thiazole rings is 1. The summed E-state index contributed by atoms with van der Waals surface area (Å²) in [5, 5.41) is 22.2. The lowest BCUT2D eigenvalue weighted by atomic mass is 10.0. The van der Waals surface area contributed by atoms with E-state index in [1.165, 1.54) is 11.3 Å². The molecule has 0 radical (unpaired) electrons. The number of amides is 1. The second kappa shape index (κ2) is 8.99. The Kier molecular flexibility index (Phi) is 6.65. The minimum absolute atomic E-state index is 0.267. The molecule has 2 heterocycles. The highest BCUT2D eigenvalue weighted by molar-refractivity contribution is 7.15. The highest BCUT2D eigenvalue weighted by atomic mass is 32.1. The molecule has 152 valence electrons. The van der Waals surface area contributed by atoms with E-state index in [1.807, 2.05) is 0 Å². The Morgan fingerprint density at radius 3 is 2.57 bits per heavy atom. The van der Waals surface area contributed by atoms with Crippen molar-refractivity contribution in [3.8, 4) is 10.4 Å². The van der Waals surface area contributed by atoms with Crippen molar-refractivity contribution in [1.29, 1.82) is 0 Å². The van der Waals surface area contributed by atoms with Crippen molar-refractivity contribution >= 4 is 17.2 Å². The summed E-state index contributed by atoms with van der Waals surface area (Å²) in [4.78, 5) is 18.4. The fourth-order valence-electron chi connectivity index (χ4n) is 2.90. The van der Waals surface area contributed by atoms with E-state index >= 15 is 0 Å². The van der Waals surface area contributed by atoms with Crippen LogP contribution in [-0.4, -0.2) is 64.3 Å². The number of carbonyl (C=O) groups is 1. The quantitative estimate of drug-likeness (QED) is 0.612. The average Bonchev–Trinajstić information content (AvgIpc) is 3.12. The second-order valence-corrected chi connectivity index (χ2v) is 7.72. The van der Waals surface area contributed by atoms with Crippen LogP contribution in [-0.2, 0) is 11.3 Å². The Labute approximate surface area is 163 Å². The normalized spacial score (nSPS) is 17.4. The summed E-state index contributed by atoms with van der Waals surface area (Å²) < 4.78 is 37.7. The number of aromatic nitrogens is 1. The van der Waals surface area contributed by atoms with Crippen LogP contribution in [0, 0.1) is 0 Å². The molecule has 3 rings (SSSR count). The van der Waals surface area contributed by atoms with Crippen molar-refractivity contribution in [2.75, 3.05) is 19.8 Å². The lowest BCUT2D eigenvalue weighted by Crippen LogP contribution is -2.49. The van der Waals surface area contributed by atoms with Gasteiger partial charge in [-0.1, -0.05) is 24.3 Å². The molecule has 0 unspecified atom stereocenters. The highest BCUT2D eigenvalue weighted by Gasteiger charge is 2.27. The van der Waals surface area contributed by atoms with E-state index in [1.54, 1.807) is 35.8 Å². The van der Waals surface area contributed by atoms with E-state index in [2.05, 4.69) is 9.88 Å². The van der Waals surface area contributed by atoms with Crippen molar-refractivity contribution in [2.24, 2.45) is 0 Å². The Hall–Kier alpha value is -2.01. The summed E-state index contributed by atoms with van der Waals surface area (Å²) in [6, 6.07) is 5.10. The summed E-state index contributed by atoms with van der Waals surface area (Å²) >= 11 is 1.50. The number of benzene rings is 1. The first-order valence-electron chi connectivity index (χ1n) is 8.65. The van der Waals surface area contributed by atoms with E-state index < -0.39 is 31.2 Å². The van der Waals surface area contributed by atoms with Crippen LogP contribution in [0.5, 0.6) is 0 Å². The number of hydrogen-bond donors (Lipinski definition) is 3. The maximum Gasteiger partial charge on any atom is 0.315 e. The number of halogens is 3. The first kappa shape index (κ1) is 20.7. The van der Waals surface area contributed by atoms with Crippen LogP contribution in [0.4, 0.5) is 13.2 Å². The molecule has 1 aliphatic rings. The molecule has 1 amide bonds. The van der Waals surface area contributed by atoms with Gasteiger partial charge in [-0.25, -0.2) is 9.37 Å². The number of nitrogens with zero attached hydrogens (tertiary/aromatic N) is 2. The predicted octanol–water partition coefficient (Wildman–Crippen LogP) is 1.74. The molecule has 0 saturated carbocycles. The van der Waals surface area contributed by atoms with Gasteiger partial charge in [0.15, 0.2) is 0 Å². The zero-order chi connectivity index (χ0) is 20.3. The number of aliphatic hydroxyl groups excluding tert-OH is 2. The molecule has 1 aliphatic heterocycles. The smallest absolute Gasteiger partial charge is 0.315 e. The molecule has 0 aliphatic carbocycles. The average molecular weight is 415 g/mol. The van der Waals surface area contributed by atoms with Gasteiger partial charge in [-0.05, 0) is 11.1 Å². The number of β-amino-alcohol motifs (C(OH)–C–C–N with tert-alkyl or cyclic N) is 1. The summed E-state index contributed by atoms with van der Waals surface area (Å²) in [6.07, 6.45) is -3.26. The summed E-state index contributed by atoms with van der Waals surface area (Å²) in [7, 11) is 0. The van der Waals surface area contributed by atoms with Gasteiger partial charge >= 0.3 is 6.43 Å². The Morgan fingerprint density at radius 1 is 1.32 bits per heavy atom. The number of likely N-dealkylation sites (tertiary alicyclic amines) is 1. The SMILES string of the molecule is O=C(N[C@H](CF)[C@@H](O)c1ccc(-c2cnc(CN3CC(O)C3)s2)cc1)C(F)F. The van der Waals surface area contributed by atoms with Gasteiger partial charge in [-0.3, -0.25) is 9.69 Å². The molecule has 0 spiro atoms. The zero-order valence-electron chi connectivity index (χ0n) is 14.8. The van der Waals surface area contributed by atoms with Gasteiger partial charge in [0.1, 0.15) is 17.8 Å². The third-order valence-electron chi connectivity index (χ3n) is 4.46. The van der Waals surface area contributed by atoms with Crippen LogP contribution in [0.1, 0.15) is 16.7 Å². The van der Waals surface area contributed by atoms with Crippen LogP contribution in [0.25, 0.3) is 10.4 Å². The number of alkyl halides is 3. The van der Waals surface area contributed by atoms with Crippen LogP contribution in [0.2, 0.25) is 0 Å². The van der Waals surface area contributed by atoms with Crippen LogP contribution in [0.3, 0.4) is 0 Å². The third-order valence-corrected chi connectivity index (χ3v) is 5.49. The molecule has 28 heavy (non-hydrogen) atoms. The van der Waals surface area contributed by atoms with Crippen molar-refractivity contribution in [3.63, 3.8) is 0 Å². The number of rotatable bonds is 8. The molecule has 0 bridgehead atoms. The second-order valence-electron chi connectivity index (χ2n) is 6.60. The number of hydrogen-bond acceptors (Lipinski definition) is 6. The van der Waals surface area contributed by atoms with E-state index in [0.717, 1.165) is 15.4 Å². The van der Waals surface area contributed by atoms with E-state index in [0.29, 0.717) is 25.2 Å². The molecule has 1 aromatic heterocycles. The van der Waals surface area contributed by atoms with Crippen molar-refractivity contribution in [1.82, 2.24) is 15.2 Å². The Bertz CT molecular complexity index is 797. The summed E-state index contributed by atoms with van der Waals surface area (Å²) in [5.41, 5.74) is 1.15. The first-order valence-corrected chi connectivity index (χ1v) is 9.47.